The Morgan fingerprint density at radius 2 is 2.00 bits per heavy atom. The first kappa shape index (κ1) is 15.2. The van der Waals surface area contributed by atoms with Crippen molar-refractivity contribution in [1.29, 1.82) is 0 Å². The van der Waals surface area contributed by atoms with Gasteiger partial charge in [0.1, 0.15) is 6.04 Å². The molecule has 0 unspecified atom stereocenters. The number of para-hydroxylation sites is 1. The van der Waals surface area contributed by atoms with E-state index >= 15 is 0 Å². The van der Waals surface area contributed by atoms with Gasteiger partial charge in [0.25, 0.3) is 0 Å². The van der Waals surface area contributed by atoms with Crippen molar-refractivity contribution >= 4 is 34.1 Å². The minimum Gasteiger partial charge on any atom is -0.324 e. The monoisotopic (exact) mass is 327 g/mol. The van der Waals surface area contributed by atoms with Crippen LogP contribution in [0.1, 0.15) is 13.0 Å². The molecule has 0 radical (unpaired) electrons. The molecular weight excluding hydrogens is 314 g/mol. The largest absolute Gasteiger partial charge is 0.324 e. The Labute approximate surface area is 137 Å². The fourth-order valence-electron chi connectivity index (χ4n) is 2.36. The van der Waals surface area contributed by atoms with E-state index in [0.29, 0.717) is 21.6 Å². The second-order valence-corrected chi connectivity index (χ2v) is 5.58. The predicted octanol–water partition coefficient (Wildman–Crippen LogP) is 3.25. The number of hydrogen-bond acceptors (Lipinski definition) is 3. The molecule has 5 nitrogen and oxygen atoms in total. The van der Waals surface area contributed by atoms with Crippen molar-refractivity contribution in [2.24, 2.45) is 0 Å². The number of fused-ring (bicyclic) bond motifs is 1. The van der Waals surface area contributed by atoms with Gasteiger partial charge < -0.3 is 5.32 Å². The van der Waals surface area contributed by atoms with Crippen LogP contribution in [0.15, 0.2) is 59.5 Å². The molecule has 1 aromatic heterocycles. The Morgan fingerprint density at radius 3 is 2.78 bits per heavy atom. The highest BCUT2D eigenvalue weighted by Crippen LogP contribution is 2.18. The van der Waals surface area contributed by atoms with E-state index in [0.717, 1.165) is 0 Å². The summed E-state index contributed by atoms with van der Waals surface area (Å²) in [5.74, 6) is -0.242. The number of carbonyl (C=O) groups is 1. The summed E-state index contributed by atoms with van der Waals surface area (Å²) >= 11 is 5.92. The molecule has 0 bridgehead atoms. The molecule has 0 spiro atoms. The average molecular weight is 328 g/mol. The van der Waals surface area contributed by atoms with Crippen LogP contribution in [0.2, 0.25) is 5.02 Å². The maximum absolute atomic E-state index is 12.5. The van der Waals surface area contributed by atoms with Gasteiger partial charge in [-0.15, -0.1) is 0 Å². The Balaban J connectivity index is 1.94. The molecule has 1 amide bonds. The SMILES string of the molecule is C[C@H](C(=O)Nc1cccc(Cl)c1)n1ncc(=O)c2ccccc21. The molecule has 3 rings (SSSR count). The van der Waals surface area contributed by atoms with Gasteiger partial charge in [0.15, 0.2) is 0 Å². The van der Waals surface area contributed by atoms with Crippen LogP contribution in [0, 0.1) is 0 Å². The lowest BCUT2D eigenvalue weighted by Gasteiger charge is -2.17. The van der Waals surface area contributed by atoms with E-state index in [-0.39, 0.29) is 11.3 Å². The van der Waals surface area contributed by atoms with E-state index in [1.807, 2.05) is 6.07 Å². The summed E-state index contributed by atoms with van der Waals surface area (Å²) in [5, 5.41) is 7.98. The van der Waals surface area contributed by atoms with Crippen LogP contribution in [0.25, 0.3) is 10.9 Å². The zero-order valence-corrected chi connectivity index (χ0v) is 13.1. The Hall–Kier alpha value is -2.66. The second kappa shape index (κ2) is 6.22. The molecule has 0 saturated heterocycles. The summed E-state index contributed by atoms with van der Waals surface area (Å²) in [6, 6.07) is 13.4. The van der Waals surface area contributed by atoms with Crippen LogP contribution in [0.5, 0.6) is 0 Å². The quantitative estimate of drug-likeness (QED) is 0.803. The summed E-state index contributed by atoms with van der Waals surface area (Å²) in [7, 11) is 0. The number of benzene rings is 2. The number of carbonyl (C=O) groups excluding carboxylic acids is 1. The van der Waals surface area contributed by atoms with Gasteiger partial charge >= 0.3 is 0 Å². The summed E-state index contributed by atoms with van der Waals surface area (Å²) in [6.45, 7) is 1.73. The van der Waals surface area contributed by atoms with Gasteiger partial charge in [-0.3, -0.25) is 14.3 Å². The minimum absolute atomic E-state index is 0.167. The van der Waals surface area contributed by atoms with E-state index in [1.165, 1.54) is 10.9 Å². The fraction of sp³-hybridized carbons (Fsp3) is 0.118. The third kappa shape index (κ3) is 3.10. The van der Waals surface area contributed by atoms with E-state index in [4.69, 9.17) is 11.6 Å². The first-order valence-electron chi connectivity index (χ1n) is 7.09. The summed E-state index contributed by atoms with van der Waals surface area (Å²) in [4.78, 5) is 24.3. The molecule has 1 atom stereocenters. The van der Waals surface area contributed by atoms with Crippen molar-refractivity contribution < 1.29 is 4.79 Å². The molecule has 23 heavy (non-hydrogen) atoms. The van der Waals surface area contributed by atoms with E-state index < -0.39 is 6.04 Å². The highest BCUT2D eigenvalue weighted by atomic mass is 35.5. The highest BCUT2D eigenvalue weighted by molar-refractivity contribution is 6.30. The van der Waals surface area contributed by atoms with Gasteiger partial charge in [-0.05, 0) is 37.3 Å². The fourth-order valence-corrected chi connectivity index (χ4v) is 2.55. The van der Waals surface area contributed by atoms with E-state index in [9.17, 15) is 9.59 Å². The minimum atomic E-state index is -0.584. The number of amides is 1. The standard InChI is InChI=1S/C17H14ClN3O2/c1-11(17(23)20-13-6-4-5-12(18)9-13)21-15-8-3-2-7-14(15)16(22)10-19-21/h2-11H,1H3,(H,20,23)/t11-/m1/s1. The van der Waals surface area contributed by atoms with Gasteiger partial charge in [-0.25, -0.2) is 0 Å². The van der Waals surface area contributed by atoms with Gasteiger partial charge in [-0.1, -0.05) is 29.8 Å². The number of rotatable bonds is 3. The Morgan fingerprint density at radius 1 is 1.22 bits per heavy atom. The summed E-state index contributed by atoms with van der Waals surface area (Å²) in [6.07, 6.45) is 1.23. The van der Waals surface area contributed by atoms with Gasteiger partial charge in [-0.2, -0.15) is 5.10 Å². The molecule has 116 valence electrons. The van der Waals surface area contributed by atoms with Gasteiger partial charge in [0.05, 0.1) is 11.7 Å². The molecule has 3 aromatic rings. The van der Waals surface area contributed by atoms with Gasteiger partial charge in [0, 0.05) is 16.1 Å². The molecule has 0 aliphatic carbocycles. The van der Waals surface area contributed by atoms with Crippen molar-refractivity contribution in [2.45, 2.75) is 13.0 Å². The first-order chi connectivity index (χ1) is 11.1. The van der Waals surface area contributed by atoms with E-state index in [2.05, 4.69) is 10.4 Å². The third-order valence-electron chi connectivity index (χ3n) is 3.55. The summed E-state index contributed by atoms with van der Waals surface area (Å²) in [5.41, 5.74) is 1.06. The maximum Gasteiger partial charge on any atom is 0.248 e. The van der Waals surface area contributed by atoms with Crippen LogP contribution >= 0.6 is 11.6 Å². The first-order valence-corrected chi connectivity index (χ1v) is 7.47. The highest BCUT2D eigenvalue weighted by Gasteiger charge is 2.18. The number of halogens is 1. The van der Waals surface area contributed by atoms with Crippen molar-refractivity contribution in [3.8, 4) is 0 Å². The van der Waals surface area contributed by atoms with Crippen molar-refractivity contribution in [1.82, 2.24) is 9.78 Å². The molecule has 6 heteroatoms. The van der Waals surface area contributed by atoms with Crippen LogP contribution in [0.4, 0.5) is 5.69 Å². The smallest absolute Gasteiger partial charge is 0.248 e. The lowest BCUT2D eigenvalue weighted by Crippen LogP contribution is -2.26. The van der Waals surface area contributed by atoms with Crippen molar-refractivity contribution in [3.05, 3.63) is 70.0 Å². The molecular formula is C17H14ClN3O2. The van der Waals surface area contributed by atoms with Crippen LogP contribution in [-0.2, 0) is 4.79 Å². The molecule has 1 heterocycles. The molecule has 0 aliphatic heterocycles. The third-order valence-corrected chi connectivity index (χ3v) is 3.79. The Bertz CT molecular complexity index is 936. The number of aromatic nitrogens is 2. The number of anilines is 1. The zero-order valence-electron chi connectivity index (χ0n) is 12.4. The van der Waals surface area contributed by atoms with Crippen LogP contribution < -0.4 is 10.7 Å². The molecule has 1 N–H and O–H groups in total. The zero-order chi connectivity index (χ0) is 16.4. The molecule has 2 aromatic carbocycles. The molecule has 0 fully saturated rings. The van der Waals surface area contributed by atoms with Gasteiger partial charge in [0.2, 0.25) is 11.3 Å². The van der Waals surface area contributed by atoms with Crippen molar-refractivity contribution in [3.63, 3.8) is 0 Å². The normalized spacial score (nSPS) is 12.1. The van der Waals surface area contributed by atoms with Crippen molar-refractivity contribution in [2.75, 3.05) is 5.32 Å². The maximum atomic E-state index is 12.5. The molecule has 0 aliphatic rings. The number of nitrogens with zero attached hydrogens (tertiary/aromatic N) is 2. The topological polar surface area (TPSA) is 64.0 Å². The lowest BCUT2D eigenvalue weighted by atomic mass is 10.2. The number of nitrogens with one attached hydrogen (secondary N) is 1. The lowest BCUT2D eigenvalue weighted by molar-refractivity contribution is -0.119. The number of hydrogen-bond donors (Lipinski definition) is 1. The predicted molar refractivity (Wildman–Crippen MR) is 90.8 cm³/mol. The second-order valence-electron chi connectivity index (χ2n) is 5.15. The van der Waals surface area contributed by atoms with Crippen LogP contribution in [0.3, 0.4) is 0 Å². The summed E-state index contributed by atoms with van der Waals surface area (Å²) < 4.78 is 1.54. The average Bonchev–Trinajstić information content (AvgIpc) is 2.55. The van der Waals surface area contributed by atoms with E-state index in [1.54, 1.807) is 49.4 Å². The Kier molecular flexibility index (Phi) is 4.12. The molecule has 0 saturated carbocycles. The van der Waals surface area contributed by atoms with Crippen LogP contribution in [-0.4, -0.2) is 15.7 Å².